The largest absolute Gasteiger partial charge is 0.354 e. The van der Waals surface area contributed by atoms with Crippen LogP contribution in [-0.4, -0.2) is 52.2 Å². The van der Waals surface area contributed by atoms with Gasteiger partial charge in [-0.25, -0.2) is 0 Å². The van der Waals surface area contributed by atoms with Crippen LogP contribution in [0.5, 0.6) is 0 Å². The molecule has 1 aromatic carbocycles. The van der Waals surface area contributed by atoms with Crippen LogP contribution in [0.25, 0.3) is 0 Å². The summed E-state index contributed by atoms with van der Waals surface area (Å²) in [6.45, 7) is 1.38. The van der Waals surface area contributed by atoms with E-state index in [4.69, 9.17) is 13.7 Å². The van der Waals surface area contributed by atoms with Crippen molar-refractivity contribution in [3.8, 4) is 0 Å². The number of hydrogen-bond donors (Lipinski definition) is 1. The quantitative estimate of drug-likeness (QED) is 0.762. The number of ether oxygens (including phenoxy) is 2. The van der Waals surface area contributed by atoms with Crippen LogP contribution >= 0.6 is 0 Å². The van der Waals surface area contributed by atoms with Crippen molar-refractivity contribution in [1.82, 2.24) is 5.32 Å². The molecule has 0 bridgehead atoms. The van der Waals surface area contributed by atoms with E-state index in [1.54, 1.807) is 0 Å². The van der Waals surface area contributed by atoms with Gasteiger partial charge in [0.25, 0.3) is 10.1 Å². The molecule has 27 heavy (non-hydrogen) atoms. The molecule has 7 nitrogen and oxygen atoms in total. The summed E-state index contributed by atoms with van der Waals surface area (Å²) in [6.07, 6.45) is 1.81. The van der Waals surface area contributed by atoms with Gasteiger partial charge in [0.05, 0.1) is 12.4 Å². The molecule has 8 heteroatoms. The minimum atomic E-state index is -3.72. The number of amides is 1. The highest BCUT2D eigenvalue weighted by molar-refractivity contribution is 7.86. The number of rotatable bonds is 5. The third-order valence-electron chi connectivity index (χ3n) is 5.37. The van der Waals surface area contributed by atoms with Crippen molar-refractivity contribution in [1.29, 1.82) is 0 Å². The first-order chi connectivity index (χ1) is 12.8. The fourth-order valence-corrected chi connectivity index (χ4v) is 4.98. The topological polar surface area (TPSA) is 90.9 Å². The highest BCUT2D eigenvalue weighted by Crippen LogP contribution is 2.44. The first-order valence-corrected chi connectivity index (χ1v) is 11.0. The van der Waals surface area contributed by atoms with E-state index in [0.717, 1.165) is 25.5 Å². The van der Waals surface area contributed by atoms with Crippen LogP contribution in [0.1, 0.15) is 37.7 Å². The average Bonchev–Trinajstić information content (AvgIpc) is 2.62. The number of carbonyl (C=O) groups excluding carboxylic acids is 1. The summed E-state index contributed by atoms with van der Waals surface area (Å²) in [7, 11) is -2.24. The zero-order chi connectivity index (χ0) is 19.6. The van der Waals surface area contributed by atoms with E-state index in [-0.39, 0.29) is 17.9 Å². The van der Waals surface area contributed by atoms with Crippen molar-refractivity contribution >= 4 is 16.0 Å². The van der Waals surface area contributed by atoms with Crippen LogP contribution in [0, 0.1) is 5.92 Å². The van der Waals surface area contributed by atoms with Crippen molar-refractivity contribution in [3.05, 3.63) is 35.9 Å². The maximum absolute atomic E-state index is 11.9. The molecule has 3 rings (SSSR count). The SMILES string of the molecule is CO[C@H]1O[C@H]2CC[C@@H](c3ccccc3)C[C@@H]2[C@H](OS(C)(=O)=O)[C@H]1NC(C)=O. The highest BCUT2D eigenvalue weighted by atomic mass is 32.2. The molecule has 0 unspecified atom stereocenters. The van der Waals surface area contributed by atoms with Gasteiger partial charge in [-0.2, -0.15) is 8.42 Å². The Kier molecular flexibility index (Phi) is 6.20. The molecular formula is C19H27NO6S. The predicted molar refractivity (Wildman–Crippen MR) is 99.5 cm³/mol. The molecule has 0 aromatic heterocycles. The Labute approximate surface area is 160 Å². The molecule has 1 aliphatic heterocycles. The second-order valence-corrected chi connectivity index (χ2v) is 8.96. The lowest BCUT2D eigenvalue weighted by atomic mass is 9.71. The number of fused-ring (bicyclic) bond motifs is 1. The zero-order valence-corrected chi connectivity index (χ0v) is 16.6. The van der Waals surface area contributed by atoms with Crippen LogP contribution in [0.2, 0.25) is 0 Å². The predicted octanol–water partition coefficient (Wildman–Crippen LogP) is 1.79. The van der Waals surface area contributed by atoms with Gasteiger partial charge in [0, 0.05) is 20.0 Å². The third-order valence-corrected chi connectivity index (χ3v) is 5.94. The molecule has 1 saturated heterocycles. The lowest BCUT2D eigenvalue weighted by Crippen LogP contribution is -2.63. The molecule has 1 heterocycles. The Morgan fingerprint density at radius 3 is 2.52 bits per heavy atom. The second kappa shape index (κ2) is 8.26. The van der Waals surface area contributed by atoms with Crippen molar-refractivity contribution in [2.45, 2.75) is 56.6 Å². The Morgan fingerprint density at radius 2 is 1.93 bits per heavy atom. The maximum atomic E-state index is 11.9. The van der Waals surface area contributed by atoms with Crippen molar-refractivity contribution in [2.24, 2.45) is 5.92 Å². The van der Waals surface area contributed by atoms with E-state index in [1.165, 1.54) is 19.6 Å². The number of nitrogens with one attached hydrogen (secondary N) is 1. The summed E-state index contributed by atoms with van der Waals surface area (Å²) in [5, 5.41) is 2.76. The zero-order valence-electron chi connectivity index (χ0n) is 15.8. The Balaban J connectivity index is 1.90. The summed E-state index contributed by atoms with van der Waals surface area (Å²) in [5.74, 6) is -0.165. The lowest BCUT2D eigenvalue weighted by molar-refractivity contribution is -0.245. The summed E-state index contributed by atoms with van der Waals surface area (Å²) in [6, 6.07) is 9.46. The van der Waals surface area contributed by atoms with Gasteiger partial charge < -0.3 is 14.8 Å². The fourth-order valence-electron chi connectivity index (χ4n) is 4.32. The average molecular weight is 397 g/mol. The summed E-state index contributed by atoms with van der Waals surface area (Å²) < 4.78 is 40.8. The van der Waals surface area contributed by atoms with Gasteiger partial charge in [0.15, 0.2) is 6.29 Å². The van der Waals surface area contributed by atoms with E-state index < -0.39 is 28.6 Å². The standard InChI is InChI=1S/C19H27NO6S/c1-12(21)20-17-18(26-27(3,22)23)15-11-14(13-7-5-4-6-8-13)9-10-16(15)25-19(17)24-2/h4-8,14-19H,9-11H2,1-3H3,(H,20,21)/t14-,15+,16+,17-,18+,19+/m1/s1. The molecule has 6 atom stereocenters. The molecule has 0 spiro atoms. The summed E-state index contributed by atoms with van der Waals surface area (Å²) in [5.41, 5.74) is 1.22. The van der Waals surface area contributed by atoms with Crippen LogP contribution in [-0.2, 0) is 28.6 Å². The highest BCUT2D eigenvalue weighted by Gasteiger charge is 2.50. The van der Waals surface area contributed by atoms with E-state index in [9.17, 15) is 13.2 Å². The molecule has 1 amide bonds. The fraction of sp³-hybridized carbons (Fsp3) is 0.632. The molecule has 0 radical (unpaired) electrons. The van der Waals surface area contributed by atoms with Gasteiger partial charge in [0.2, 0.25) is 5.91 Å². The number of benzene rings is 1. The molecule has 2 aliphatic rings. The van der Waals surface area contributed by atoms with E-state index in [2.05, 4.69) is 17.4 Å². The molecule has 2 fully saturated rings. The normalized spacial score (nSPS) is 33.9. The smallest absolute Gasteiger partial charge is 0.264 e. The molecule has 1 saturated carbocycles. The minimum absolute atomic E-state index is 0.165. The van der Waals surface area contributed by atoms with Gasteiger partial charge >= 0.3 is 0 Å². The monoisotopic (exact) mass is 397 g/mol. The first-order valence-electron chi connectivity index (χ1n) is 9.17. The van der Waals surface area contributed by atoms with Gasteiger partial charge in [-0.05, 0) is 30.7 Å². The molecule has 1 N–H and O–H groups in total. The van der Waals surface area contributed by atoms with Gasteiger partial charge in [-0.15, -0.1) is 0 Å². The van der Waals surface area contributed by atoms with Crippen LogP contribution in [0.4, 0.5) is 0 Å². The van der Waals surface area contributed by atoms with Crippen LogP contribution in [0.3, 0.4) is 0 Å². The van der Waals surface area contributed by atoms with Crippen LogP contribution in [0.15, 0.2) is 30.3 Å². The minimum Gasteiger partial charge on any atom is -0.354 e. The van der Waals surface area contributed by atoms with Crippen LogP contribution < -0.4 is 5.32 Å². The van der Waals surface area contributed by atoms with Gasteiger partial charge in [-0.1, -0.05) is 30.3 Å². The number of methoxy groups -OCH3 is 1. The molecule has 150 valence electrons. The van der Waals surface area contributed by atoms with Crippen molar-refractivity contribution in [2.75, 3.05) is 13.4 Å². The Hall–Kier alpha value is -1.48. The maximum Gasteiger partial charge on any atom is 0.264 e. The Morgan fingerprint density at radius 1 is 1.22 bits per heavy atom. The van der Waals surface area contributed by atoms with Crippen molar-refractivity contribution in [3.63, 3.8) is 0 Å². The lowest BCUT2D eigenvalue weighted by Gasteiger charge is -2.49. The van der Waals surface area contributed by atoms with E-state index in [1.807, 2.05) is 18.2 Å². The van der Waals surface area contributed by atoms with Gasteiger partial charge in [-0.3, -0.25) is 8.98 Å². The molecular weight excluding hydrogens is 370 g/mol. The van der Waals surface area contributed by atoms with E-state index >= 15 is 0 Å². The molecule has 1 aromatic rings. The second-order valence-electron chi connectivity index (χ2n) is 7.35. The molecule has 1 aliphatic carbocycles. The van der Waals surface area contributed by atoms with Gasteiger partial charge in [0.1, 0.15) is 12.1 Å². The Bertz CT molecular complexity index is 753. The summed E-state index contributed by atoms with van der Waals surface area (Å²) >= 11 is 0. The number of hydrogen-bond acceptors (Lipinski definition) is 6. The first kappa shape index (κ1) is 20.3. The number of carbonyl (C=O) groups is 1. The van der Waals surface area contributed by atoms with Crippen molar-refractivity contribution < 1.29 is 26.9 Å². The third kappa shape index (κ3) is 4.87. The van der Waals surface area contributed by atoms with E-state index in [0.29, 0.717) is 5.92 Å². The summed E-state index contributed by atoms with van der Waals surface area (Å²) in [4.78, 5) is 11.7.